The Kier molecular flexibility index (Phi) is 6.57. The molecular weight excluding hydrogens is 496 g/mol. The molecule has 1 aliphatic carbocycles. The van der Waals surface area contributed by atoms with Gasteiger partial charge in [0, 0.05) is 29.6 Å². The molecule has 1 aromatic carbocycles. The molecule has 0 saturated heterocycles. The number of rotatable bonds is 7. The molecular formula is C24H23ClN2O7S. The average molecular weight is 519 g/mol. The number of halogens is 1. The number of nitrogens with zero attached hydrogens (tertiary/aromatic N) is 2. The SMILES string of the molecule is O=C(O)Oc1c(Cc2cc3c(cc2Cl)OCO3)c(-c2cccs2)nn1CC1CCCC(C(=O)O)C1. The average Bonchev–Trinajstić information content (AvgIpc) is 3.56. The molecule has 35 heavy (non-hydrogen) atoms. The van der Waals surface area contributed by atoms with Crippen LogP contribution in [0.4, 0.5) is 4.79 Å². The standard InChI is InChI=1S/C24H23ClN2O7S/c25-17-10-19-18(32-12-33-19)9-15(17)8-16-21(20-5-2-6-35-20)26-27(22(16)34-24(30)31)11-13-3-1-4-14(7-13)23(28)29/h2,5-6,9-10,13-14H,1,3-4,7-8,11-12H2,(H,28,29)(H,30,31). The molecule has 1 saturated carbocycles. The minimum atomic E-state index is -1.45. The Morgan fingerprint density at radius 1 is 1.23 bits per heavy atom. The number of aliphatic carboxylic acids is 1. The molecule has 1 aliphatic heterocycles. The Labute approximate surface area is 209 Å². The maximum absolute atomic E-state index is 11.7. The van der Waals surface area contributed by atoms with Gasteiger partial charge in [-0.3, -0.25) is 4.79 Å². The normalized spacial score (nSPS) is 19.0. The van der Waals surface area contributed by atoms with Gasteiger partial charge in [-0.15, -0.1) is 11.3 Å². The number of aromatic nitrogens is 2. The molecule has 3 heterocycles. The summed E-state index contributed by atoms with van der Waals surface area (Å²) in [4.78, 5) is 24.1. The minimum Gasteiger partial charge on any atom is -0.481 e. The van der Waals surface area contributed by atoms with Crippen LogP contribution >= 0.6 is 22.9 Å². The highest BCUT2D eigenvalue weighted by Crippen LogP contribution is 2.41. The summed E-state index contributed by atoms with van der Waals surface area (Å²) in [5.41, 5.74) is 1.91. The molecule has 2 aromatic heterocycles. The maximum atomic E-state index is 11.7. The third kappa shape index (κ3) is 4.94. The van der Waals surface area contributed by atoms with E-state index in [2.05, 4.69) is 0 Å². The van der Waals surface area contributed by atoms with Gasteiger partial charge in [0.05, 0.1) is 10.8 Å². The second-order valence-corrected chi connectivity index (χ2v) is 10.1. The zero-order valence-corrected chi connectivity index (χ0v) is 20.2. The highest BCUT2D eigenvalue weighted by atomic mass is 35.5. The summed E-state index contributed by atoms with van der Waals surface area (Å²) >= 11 is 8.01. The number of carbonyl (C=O) groups is 2. The monoisotopic (exact) mass is 518 g/mol. The van der Waals surface area contributed by atoms with Crippen LogP contribution in [0.2, 0.25) is 5.02 Å². The summed E-state index contributed by atoms with van der Waals surface area (Å²) in [7, 11) is 0. The molecule has 1 fully saturated rings. The summed E-state index contributed by atoms with van der Waals surface area (Å²) in [6.45, 7) is 0.471. The highest BCUT2D eigenvalue weighted by molar-refractivity contribution is 7.13. The van der Waals surface area contributed by atoms with Gasteiger partial charge in [-0.2, -0.15) is 5.10 Å². The number of thiophene rings is 1. The zero-order valence-electron chi connectivity index (χ0n) is 18.6. The van der Waals surface area contributed by atoms with Gasteiger partial charge in [0.15, 0.2) is 11.5 Å². The largest absolute Gasteiger partial charge is 0.512 e. The van der Waals surface area contributed by atoms with Crippen LogP contribution in [0, 0.1) is 11.8 Å². The molecule has 5 rings (SSSR count). The van der Waals surface area contributed by atoms with Crippen molar-refractivity contribution in [3.63, 3.8) is 0 Å². The third-order valence-corrected chi connectivity index (χ3v) is 7.64. The molecule has 2 atom stereocenters. The Bertz CT molecular complexity index is 1260. The first-order chi connectivity index (χ1) is 16.9. The fourth-order valence-corrected chi connectivity index (χ4v) is 5.74. The number of carboxylic acid groups (broad SMARTS) is 2. The Balaban J connectivity index is 1.55. The number of fused-ring (bicyclic) bond motifs is 1. The predicted octanol–water partition coefficient (Wildman–Crippen LogP) is 5.53. The van der Waals surface area contributed by atoms with Gasteiger partial charge < -0.3 is 24.4 Å². The number of ether oxygens (including phenoxy) is 3. The van der Waals surface area contributed by atoms with Crippen molar-refractivity contribution >= 4 is 35.1 Å². The van der Waals surface area contributed by atoms with E-state index in [-0.39, 0.29) is 25.0 Å². The molecule has 0 bridgehead atoms. The first kappa shape index (κ1) is 23.5. The van der Waals surface area contributed by atoms with Crippen molar-refractivity contribution in [3.05, 3.63) is 45.8 Å². The van der Waals surface area contributed by atoms with Gasteiger partial charge in [0.25, 0.3) is 0 Å². The van der Waals surface area contributed by atoms with E-state index in [9.17, 15) is 19.8 Å². The number of carboxylic acids is 1. The van der Waals surface area contributed by atoms with Crippen molar-refractivity contribution in [2.45, 2.75) is 38.6 Å². The van der Waals surface area contributed by atoms with Gasteiger partial charge in [-0.1, -0.05) is 24.1 Å². The lowest BCUT2D eigenvalue weighted by atomic mass is 9.81. The lowest BCUT2D eigenvalue weighted by molar-refractivity contribution is -0.143. The van der Waals surface area contributed by atoms with Crippen LogP contribution in [0.5, 0.6) is 17.4 Å². The van der Waals surface area contributed by atoms with Crippen LogP contribution in [0.25, 0.3) is 10.6 Å². The molecule has 184 valence electrons. The molecule has 0 spiro atoms. The van der Waals surface area contributed by atoms with Gasteiger partial charge in [0.1, 0.15) is 5.69 Å². The summed E-state index contributed by atoms with van der Waals surface area (Å²) < 4.78 is 17.7. The van der Waals surface area contributed by atoms with Crippen LogP contribution in [-0.4, -0.2) is 38.9 Å². The maximum Gasteiger partial charge on any atom is 0.512 e. The van der Waals surface area contributed by atoms with Crippen molar-refractivity contribution in [1.29, 1.82) is 0 Å². The van der Waals surface area contributed by atoms with E-state index in [0.29, 0.717) is 52.7 Å². The van der Waals surface area contributed by atoms with Gasteiger partial charge in [-0.25, -0.2) is 9.48 Å². The van der Waals surface area contributed by atoms with Gasteiger partial charge >= 0.3 is 12.1 Å². The van der Waals surface area contributed by atoms with Crippen molar-refractivity contribution in [1.82, 2.24) is 9.78 Å². The van der Waals surface area contributed by atoms with E-state index in [1.807, 2.05) is 17.5 Å². The first-order valence-corrected chi connectivity index (χ1v) is 12.5. The fraction of sp³-hybridized carbons (Fsp3) is 0.375. The van der Waals surface area contributed by atoms with Crippen LogP contribution < -0.4 is 14.2 Å². The van der Waals surface area contributed by atoms with E-state index in [4.69, 9.17) is 30.9 Å². The molecule has 11 heteroatoms. The summed E-state index contributed by atoms with van der Waals surface area (Å²) in [5, 5.41) is 26.1. The van der Waals surface area contributed by atoms with E-state index >= 15 is 0 Å². The Hall–Kier alpha value is -3.24. The Morgan fingerprint density at radius 3 is 2.74 bits per heavy atom. The molecule has 2 unspecified atom stereocenters. The number of benzene rings is 1. The minimum absolute atomic E-state index is 0.0408. The molecule has 0 amide bonds. The fourth-order valence-electron chi connectivity index (χ4n) is 4.79. The van der Waals surface area contributed by atoms with Crippen molar-refractivity contribution < 1.29 is 34.0 Å². The van der Waals surface area contributed by atoms with E-state index < -0.39 is 18.0 Å². The molecule has 2 aliphatic rings. The van der Waals surface area contributed by atoms with Crippen LogP contribution in [0.15, 0.2) is 29.6 Å². The second-order valence-electron chi connectivity index (χ2n) is 8.70. The number of hydrogen-bond acceptors (Lipinski definition) is 7. The van der Waals surface area contributed by atoms with Gasteiger partial charge in [0.2, 0.25) is 12.7 Å². The second kappa shape index (κ2) is 9.79. The summed E-state index contributed by atoms with van der Waals surface area (Å²) in [5.74, 6) is 0.0786. The summed E-state index contributed by atoms with van der Waals surface area (Å²) in [6, 6.07) is 7.27. The van der Waals surface area contributed by atoms with Crippen LogP contribution in [0.1, 0.15) is 36.8 Å². The van der Waals surface area contributed by atoms with Crippen LogP contribution in [0.3, 0.4) is 0 Å². The lowest BCUT2D eigenvalue weighted by Crippen LogP contribution is -2.26. The topological polar surface area (TPSA) is 120 Å². The smallest absolute Gasteiger partial charge is 0.481 e. The summed E-state index contributed by atoms with van der Waals surface area (Å²) in [6.07, 6.45) is 1.61. The van der Waals surface area contributed by atoms with Gasteiger partial charge in [-0.05, 0) is 48.3 Å². The third-order valence-electron chi connectivity index (χ3n) is 6.41. The van der Waals surface area contributed by atoms with Crippen molar-refractivity contribution in [2.24, 2.45) is 11.8 Å². The molecule has 2 N–H and O–H groups in total. The van der Waals surface area contributed by atoms with Crippen molar-refractivity contribution in [3.8, 4) is 28.0 Å². The Morgan fingerprint density at radius 2 is 2.03 bits per heavy atom. The van der Waals surface area contributed by atoms with E-state index in [1.165, 1.54) is 11.3 Å². The quantitative estimate of drug-likeness (QED) is 0.391. The molecule has 9 nitrogen and oxygen atoms in total. The first-order valence-electron chi connectivity index (χ1n) is 11.2. The molecule has 3 aromatic rings. The zero-order chi connectivity index (χ0) is 24.5. The predicted molar refractivity (Wildman–Crippen MR) is 128 cm³/mol. The number of hydrogen-bond donors (Lipinski definition) is 2. The van der Waals surface area contributed by atoms with Crippen molar-refractivity contribution in [2.75, 3.05) is 6.79 Å². The lowest BCUT2D eigenvalue weighted by Gasteiger charge is -2.26. The highest BCUT2D eigenvalue weighted by Gasteiger charge is 2.31. The van der Waals surface area contributed by atoms with Crippen LogP contribution in [-0.2, 0) is 17.8 Å². The molecule has 0 radical (unpaired) electrons. The van der Waals surface area contributed by atoms with E-state index in [1.54, 1.807) is 16.8 Å². The van der Waals surface area contributed by atoms with E-state index in [0.717, 1.165) is 17.7 Å².